The zero-order valence-corrected chi connectivity index (χ0v) is 7.59. The molecule has 74 valence electrons. The van der Waals surface area contributed by atoms with Gasteiger partial charge in [0.15, 0.2) is 0 Å². The number of hydrogen-bond donors (Lipinski definition) is 1. The van der Waals surface area contributed by atoms with Gasteiger partial charge >= 0.3 is 0 Å². The van der Waals surface area contributed by atoms with Crippen LogP contribution < -0.4 is 0 Å². The van der Waals surface area contributed by atoms with Crippen LogP contribution in [0.3, 0.4) is 0 Å². The first-order valence-corrected chi connectivity index (χ1v) is 4.44. The maximum absolute atomic E-state index is 11.4. The normalized spacial score (nSPS) is 17.4. The average molecular weight is 193 g/mol. The third-order valence-corrected chi connectivity index (χ3v) is 2.11. The van der Waals surface area contributed by atoms with Crippen LogP contribution >= 0.6 is 0 Å². The molecule has 1 N–H and O–H groups in total. The van der Waals surface area contributed by atoms with E-state index in [0.717, 1.165) is 0 Å². The number of furan rings is 1. The van der Waals surface area contributed by atoms with Crippen molar-refractivity contribution in [2.45, 2.75) is 6.10 Å². The first-order valence-electron chi connectivity index (χ1n) is 4.44. The number of aliphatic hydroxyl groups excluding tert-OH is 1. The molecular formula is C10H11NO3. The molecule has 0 aliphatic carbocycles. The molecule has 1 amide bonds. The molecule has 4 heteroatoms. The van der Waals surface area contributed by atoms with Gasteiger partial charge in [-0.3, -0.25) is 4.79 Å². The fourth-order valence-corrected chi connectivity index (χ4v) is 1.28. The highest BCUT2D eigenvalue weighted by atomic mass is 16.3. The van der Waals surface area contributed by atoms with Gasteiger partial charge in [-0.25, -0.2) is 0 Å². The van der Waals surface area contributed by atoms with Gasteiger partial charge in [-0.2, -0.15) is 0 Å². The number of hydrogen-bond acceptors (Lipinski definition) is 3. The van der Waals surface area contributed by atoms with Gasteiger partial charge < -0.3 is 14.4 Å². The molecule has 0 saturated carbocycles. The molecule has 14 heavy (non-hydrogen) atoms. The van der Waals surface area contributed by atoms with Crippen LogP contribution in [-0.2, 0) is 4.79 Å². The maximum Gasteiger partial charge on any atom is 0.246 e. The summed E-state index contributed by atoms with van der Waals surface area (Å²) in [4.78, 5) is 12.9. The lowest BCUT2D eigenvalue weighted by molar-refractivity contribution is -0.135. The molecule has 0 bridgehead atoms. The summed E-state index contributed by atoms with van der Waals surface area (Å²) in [7, 11) is 0. The summed E-state index contributed by atoms with van der Waals surface area (Å²) in [6.45, 7) is 0.864. The molecule has 0 spiro atoms. The summed E-state index contributed by atoms with van der Waals surface area (Å²) >= 11 is 0. The lowest BCUT2D eigenvalue weighted by Crippen LogP contribution is -2.52. The Morgan fingerprint density at radius 3 is 3.00 bits per heavy atom. The Bertz CT molecular complexity index is 336. The minimum Gasteiger partial charge on any atom is -0.465 e. The molecule has 0 unspecified atom stereocenters. The average Bonchev–Trinajstić information content (AvgIpc) is 2.61. The van der Waals surface area contributed by atoms with Gasteiger partial charge in [0.25, 0.3) is 0 Å². The molecule has 0 aromatic carbocycles. The van der Waals surface area contributed by atoms with E-state index in [1.54, 1.807) is 29.4 Å². The lowest BCUT2D eigenvalue weighted by atomic mass is 10.1. The predicted molar refractivity (Wildman–Crippen MR) is 50.3 cm³/mol. The van der Waals surface area contributed by atoms with Crippen molar-refractivity contribution in [2.24, 2.45) is 0 Å². The molecule has 4 nitrogen and oxygen atoms in total. The van der Waals surface area contributed by atoms with Crippen molar-refractivity contribution < 1.29 is 14.3 Å². The van der Waals surface area contributed by atoms with Crippen molar-refractivity contribution in [3.63, 3.8) is 0 Å². The molecular weight excluding hydrogens is 182 g/mol. The van der Waals surface area contributed by atoms with Crippen LogP contribution in [0.25, 0.3) is 6.08 Å². The van der Waals surface area contributed by atoms with Crippen LogP contribution in [0.5, 0.6) is 0 Å². The smallest absolute Gasteiger partial charge is 0.246 e. The molecule has 0 atom stereocenters. The third kappa shape index (κ3) is 1.85. The standard InChI is InChI=1S/C10H11NO3/c12-8-6-11(7-8)10(13)4-3-9-2-1-5-14-9/h1-5,8,12H,6-7H2/b4-3+. The van der Waals surface area contributed by atoms with E-state index in [9.17, 15) is 4.79 Å². The molecule has 1 aromatic rings. The van der Waals surface area contributed by atoms with E-state index >= 15 is 0 Å². The highest BCUT2D eigenvalue weighted by molar-refractivity contribution is 5.92. The Morgan fingerprint density at radius 1 is 1.64 bits per heavy atom. The second-order valence-corrected chi connectivity index (χ2v) is 3.25. The van der Waals surface area contributed by atoms with Gasteiger partial charge in [0.2, 0.25) is 5.91 Å². The number of amides is 1. The minimum atomic E-state index is -0.351. The summed E-state index contributed by atoms with van der Waals surface area (Å²) in [6, 6.07) is 3.53. The summed E-state index contributed by atoms with van der Waals surface area (Å²) in [5.74, 6) is 0.561. The molecule has 1 aliphatic rings. The highest BCUT2D eigenvalue weighted by Gasteiger charge is 2.26. The van der Waals surface area contributed by atoms with Crippen LogP contribution in [-0.4, -0.2) is 35.1 Å². The van der Waals surface area contributed by atoms with Gasteiger partial charge in [0.1, 0.15) is 5.76 Å². The van der Waals surface area contributed by atoms with Gasteiger partial charge in [-0.05, 0) is 18.2 Å². The van der Waals surface area contributed by atoms with Crippen molar-refractivity contribution in [1.82, 2.24) is 4.90 Å². The number of nitrogens with zero attached hydrogens (tertiary/aromatic N) is 1. The number of carbonyl (C=O) groups is 1. The van der Waals surface area contributed by atoms with Crippen molar-refractivity contribution in [2.75, 3.05) is 13.1 Å². The van der Waals surface area contributed by atoms with Crippen LogP contribution in [0.15, 0.2) is 28.9 Å². The predicted octanol–water partition coefficient (Wildman–Crippen LogP) is 0.496. The summed E-state index contributed by atoms with van der Waals surface area (Å²) in [5, 5.41) is 8.98. The van der Waals surface area contributed by atoms with Crippen LogP contribution in [0.2, 0.25) is 0 Å². The summed E-state index contributed by atoms with van der Waals surface area (Å²) in [5.41, 5.74) is 0. The first-order chi connectivity index (χ1) is 6.75. The maximum atomic E-state index is 11.4. The van der Waals surface area contributed by atoms with E-state index in [1.165, 1.54) is 6.08 Å². The minimum absolute atomic E-state index is 0.0910. The quantitative estimate of drug-likeness (QED) is 0.696. The monoisotopic (exact) mass is 193 g/mol. The van der Waals surface area contributed by atoms with Crippen LogP contribution in [0.4, 0.5) is 0 Å². The summed E-state index contributed by atoms with van der Waals surface area (Å²) in [6.07, 6.45) is 4.27. The molecule has 1 aromatic heterocycles. The topological polar surface area (TPSA) is 53.7 Å². The van der Waals surface area contributed by atoms with Crippen molar-refractivity contribution in [3.8, 4) is 0 Å². The molecule has 1 aliphatic heterocycles. The SMILES string of the molecule is O=C(/C=C/c1ccco1)N1CC(O)C1. The highest BCUT2D eigenvalue weighted by Crippen LogP contribution is 2.09. The lowest BCUT2D eigenvalue weighted by Gasteiger charge is -2.34. The second-order valence-electron chi connectivity index (χ2n) is 3.25. The van der Waals surface area contributed by atoms with E-state index in [2.05, 4.69) is 0 Å². The van der Waals surface area contributed by atoms with E-state index in [0.29, 0.717) is 18.8 Å². The Kier molecular flexibility index (Phi) is 2.37. The number of rotatable bonds is 2. The Hall–Kier alpha value is -1.55. The first kappa shape index (κ1) is 9.02. The van der Waals surface area contributed by atoms with Crippen LogP contribution in [0, 0.1) is 0 Å². The van der Waals surface area contributed by atoms with E-state index in [1.807, 2.05) is 0 Å². The number of β-amino-alcohol motifs (C(OH)–C–C–N with tert-alkyl or cyclic N) is 1. The van der Waals surface area contributed by atoms with Gasteiger partial charge in [-0.1, -0.05) is 0 Å². The zero-order valence-electron chi connectivity index (χ0n) is 7.59. The van der Waals surface area contributed by atoms with Gasteiger partial charge in [0, 0.05) is 19.2 Å². The second kappa shape index (κ2) is 3.67. The zero-order chi connectivity index (χ0) is 9.97. The number of carbonyl (C=O) groups excluding carboxylic acids is 1. The number of aliphatic hydroxyl groups is 1. The molecule has 1 fully saturated rings. The molecule has 0 radical (unpaired) electrons. The molecule has 2 heterocycles. The van der Waals surface area contributed by atoms with Gasteiger partial charge in [0.05, 0.1) is 12.4 Å². The molecule has 2 rings (SSSR count). The fourth-order valence-electron chi connectivity index (χ4n) is 1.28. The summed E-state index contributed by atoms with van der Waals surface area (Å²) < 4.78 is 5.03. The fraction of sp³-hybridized carbons (Fsp3) is 0.300. The third-order valence-electron chi connectivity index (χ3n) is 2.11. The molecule has 1 saturated heterocycles. The van der Waals surface area contributed by atoms with Crippen molar-refractivity contribution in [1.29, 1.82) is 0 Å². The Labute approximate surface area is 81.4 Å². The Morgan fingerprint density at radius 2 is 2.43 bits per heavy atom. The van der Waals surface area contributed by atoms with E-state index in [-0.39, 0.29) is 12.0 Å². The van der Waals surface area contributed by atoms with Crippen molar-refractivity contribution >= 4 is 12.0 Å². The van der Waals surface area contributed by atoms with Gasteiger partial charge in [-0.15, -0.1) is 0 Å². The number of likely N-dealkylation sites (tertiary alicyclic amines) is 1. The van der Waals surface area contributed by atoms with Crippen LogP contribution in [0.1, 0.15) is 5.76 Å². The Balaban J connectivity index is 1.89. The van der Waals surface area contributed by atoms with E-state index in [4.69, 9.17) is 9.52 Å². The van der Waals surface area contributed by atoms with E-state index < -0.39 is 0 Å². The largest absolute Gasteiger partial charge is 0.465 e. The van der Waals surface area contributed by atoms with Crippen molar-refractivity contribution in [3.05, 3.63) is 30.2 Å².